The highest BCUT2D eigenvalue weighted by atomic mass is 16.5. The summed E-state index contributed by atoms with van der Waals surface area (Å²) < 4.78 is 14.6. The van der Waals surface area contributed by atoms with Crippen LogP contribution in [0.15, 0.2) is 12.5 Å². The lowest BCUT2D eigenvalue weighted by molar-refractivity contribution is 0.118. The molecule has 0 N–H and O–H groups in total. The Bertz CT molecular complexity index is 80.9. The quantitative estimate of drug-likeness (QED) is 0.415. The van der Waals surface area contributed by atoms with E-state index < -0.39 is 0 Å². The number of hydrogen-bond acceptors (Lipinski definition) is 3. The molecule has 0 heterocycles. The summed E-state index contributed by atoms with van der Waals surface area (Å²) in [5.74, 6) is 0. The normalized spacial score (nSPS) is 10.2. The van der Waals surface area contributed by atoms with Gasteiger partial charge in [0.2, 0.25) is 0 Å². The molecule has 0 saturated carbocycles. The Hall–Kier alpha value is -0.700. The molecule has 0 aromatic heterocycles. The molecule has 0 amide bonds. The largest absolute Gasteiger partial charge is 0.498 e. The number of rotatable bonds is 6. The maximum Gasteiger partial charge on any atom is 0.117 e. The van der Waals surface area contributed by atoms with Gasteiger partial charge in [-0.1, -0.05) is 0 Å². The van der Waals surface area contributed by atoms with E-state index in [1.165, 1.54) is 12.5 Å². The molecule has 0 bridgehead atoms. The van der Waals surface area contributed by atoms with Gasteiger partial charge in [0.15, 0.2) is 0 Å². The first kappa shape index (κ1) is 9.30. The monoisotopic (exact) mass is 146 g/mol. The Labute approximate surface area is 61.6 Å². The number of hydrogen-bond donors (Lipinski definition) is 0. The van der Waals surface area contributed by atoms with Gasteiger partial charge in [-0.05, 0) is 6.92 Å². The average molecular weight is 146 g/mol. The molecule has 0 rings (SSSR count). The molecule has 0 aliphatic heterocycles. The molecule has 0 fully saturated rings. The third kappa shape index (κ3) is 7.30. The van der Waals surface area contributed by atoms with E-state index >= 15 is 0 Å². The van der Waals surface area contributed by atoms with Gasteiger partial charge in [0.05, 0.1) is 13.2 Å². The van der Waals surface area contributed by atoms with Gasteiger partial charge in [-0.25, -0.2) is 0 Å². The van der Waals surface area contributed by atoms with Crippen molar-refractivity contribution in [2.75, 3.05) is 26.9 Å². The lowest BCUT2D eigenvalue weighted by Crippen LogP contribution is -1.96. The van der Waals surface area contributed by atoms with Crippen molar-refractivity contribution in [2.24, 2.45) is 0 Å². The van der Waals surface area contributed by atoms with E-state index in [-0.39, 0.29) is 0 Å². The second-order valence-corrected chi connectivity index (χ2v) is 1.59. The molecular weight excluding hydrogens is 132 g/mol. The van der Waals surface area contributed by atoms with Crippen LogP contribution in [-0.4, -0.2) is 26.9 Å². The van der Waals surface area contributed by atoms with E-state index in [4.69, 9.17) is 14.2 Å². The molecule has 0 spiro atoms. The van der Waals surface area contributed by atoms with Gasteiger partial charge in [0.25, 0.3) is 0 Å². The molecule has 0 radical (unpaired) electrons. The lowest BCUT2D eigenvalue weighted by Gasteiger charge is -1.97. The SMILES string of the molecule is CCO/C=C/OCCOC. The molecule has 0 atom stereocenters. The Balaban J connectivity index is 2.88. The molecule has 10 heavy (non-hydrogen) atoms. The summed E-state index contributed by atoms with van der Waals surface area (Å²) in [6, 6.07) is 0. The van der Waals surface area contributed by atoms with Crippen LogP contribution in [-0.2, 0) is 14.2 Å². The van der Waals surface area contributed by atoms with Crippen LogP contribution in [0.5, 0.6) is 0 Å². The van der Waals surface area contributed by atoms with Crippen LogP contribution in [0.1, 0.15) is 6.92 Å². The van der Waals surface area contributed by atoms with Crippen LogP contribution in [0.3, 0.4) is 0 Å². The summed E-state index contributed by atoms with van der Waals surface area (Å²) in [6.45, 7) is 3.76. The van der Waals surface area contributed by atoms with E-state index in [1.807, 2.05) is 6.92 Å². The predicted molar refractivity (Wildman–Crippen MR) is 38.6 cm³/mol. The van der Waals surface area contributed by atoms with Crippen LogP contribution in [0.4, 0.5) is 0 Å². The third-order valence-corrected chi connectivity index (χ3v) is 0.820. The zero-order valence-electron chi connectivity index (χ0n) is 6.50. The maximum absolute atomic E-state index is 4.95. The van der Waals surface area contributed by atoms with Crippen LogP contribution in [0, 0.1) is 0 Å². The summed E-state index contributed by atoms with van der Waals surface area (Å²) in [7, 11) is 1.63. The minimum atomic E-state index is 0.570. The van der Waals surface area contributed by atoms with Gasteiger partial charge in [0.1, 0.15) is 19.1 Å². The van der Waals surface area contributed by atoms with Crippen LogP contribution < -0.4 is 0 Å². The molecular formula is C7H14O3. The maximum atomic E-state index is 4.95. The van der Waals surface area contributed by atoms with E-state index in [1.54, 1.807) is 7.11 Å². The first-order valence-corrected chi connectivity index (χ1v) is 3.29. The minimum absolute atomic E-state index is 0.570. The summed E-state index contributed by atoms with van der Waals surface area (Å²) in [6.07, 6.45) is 3.04. The third-order valence-electron chi connectivity index (χ3n) is 0.820. The van der Waals surface area contributed by atoms with Gasteiger partial charge < -0.3 is 14.2 Å². The second kappa shape index (κ2) is 8.30. The van der Waals surface area contributed by atoms with Crippen molar-refractivity contribution in [3.05, 3.63) is 12.5 Å². The smallest absolute Gasteiger partial charge is 0.117 e. The van der Waals surface area contributed by atoms with Crippen molar-refractivity contribution in [3.63, 3.8) is 0 Å². The van der Waals surface area contributed by atoms with Crippen molar-refractivity contribution in [1.29, 1.82) is 0 Å². The molecule has 0 saturated heterocycles. The Morgan fingerprint density at radius 2 is 1.80 bits per heavy atom. The first-order valence-electron chi connectivity index (χ1n) is 3.29. The van der Waals surface area contributed by atoms with Gasteiger partial charge in [-0.2, -0.15) is 0 Å². The summed E-state index contributed by atoms with van der Waals surface area (Å²) in [5, 5.41) is 0. The van der Waals surface area contributed by atoms with Crippen molar-refractivity contribution < 1.29 is 14.2 Å². The fourth-order valence-corrected chi connectivity index (χ4v) is 0.374. The standard InChI is InChI=1S/C7H14O3/c1-3-9-6-7-10-5-4-8-2/h6-7H,3-5H2,1-2H3/b7-6+. The molecule has 0 unspecified atom stereocenters. The summed E-state index contributed by atoms with van der Waals surface area (Å²) >= 11 is 0. The molecule has 3 heteroatoms. The van der Waals surface area contributed by atoms with Gasteiger partial charge in [0, 0.05) is 7.11 Å². The van der Waals surface area contributed by atoms with E-state index in [9.17, 15) is 0 Å². The number of methoxy groups -OCH3 is 1. The molecule has 60 valence electrons. The lowest BCUT2D eigenvalue weighted by atomic mass is 10.8. The molecule has 3 nitrogen and oxygen atoms in total. The first-order chi connectivity index (χ1) is 4.91. The highest BCUT2D eigenvalue weighted by molar-refractivity contribution is 4.59. The Morgan fingerprint density at radius 3 is 2.40 bits per heavy atom. The highest BCUT2D eigenvalue weighted by Crippen LogP contribution is 1.80. The van der Waals surface area contributed by atoms with Crippen molar-refractivity contribution in [2.45, 2.75) is 6.92 Å². The molecule has 0 aliphatic rings. The fraction of sp³-hybridized carbons (Fsp3) is 0.714. The van der Waals surface area contributed by atoms with E-state index in [2.05, 4.69) is 0 Å². The second-order valence-electron chi connectivity index (χ2n) is 1.59. The minimum Gasteiger partial charge on any atom is -0.498 e. The summed E-state index contributed by atoms with van der Waals surface area (Å²) in [4.78, 5) is 0. The molecule has 0 aromatic rings. The zero-order chi connectivity index (χ0) is 7.66. The Kier molecular flexibility index (Phi) is 7.72. The van der Waals surface area contributed by atoms with Crippen molar-refractivity contribution in [3.8, 4) is 0 Å². The molecule has 0 aromatic carbocycles. The highest BCUT2D eigenvalue weighted by Gasteiger charge is 1.78. The fourth-order valence-electron chi connectivity index (χ4n) is 0.374. The van der Waals surface area contributed by atoms with Gasteiger partial charge >= 0.3 is 0 Å². The van der Waals surface area contributed by atoms with Crippen LogP contribution >= 0.6 is 0 Å². The zero-order valence-corrected chi connectivity index (χ0v) is 6.50. The predicted octanol–water partition coefficient (Wildman–Crippen LogP) is 1.16. The average Bonchev–Trinajstić information content (AvgIpc) is 1.97. The van der Waals surface area contributed by atoms with Crippen molar-refractivity contribution >= 4 is 0 Å². The number of ether oxygens (including phenoxy) is 3. The van der Waals surface area contributed by atoms with E-state index in [0.29, 0.717) is 19.8 Å². The molecule has 0 aliphatic carbocycles. The Morgan fingerprint density at radius 1 is 1.10 bits per heavy atom. The van der Waals surface area contributed by atoms with Crippen LogP contribution in [0.25, 0.3) is 0 Å². The summed E-state index contributed by atoms with van der Waals surface area (Å²) in [5.41, 5.74) is 0. The van der Waals surface area contributed by atoms with Gasteiger partial charge in [-0.3, -0.25) is 0 Å². The van der Waals surface area contributed by atoms with Gasteiger partial charge in [-0.15, -0.1) is 0 Å². The van der Waals surface area contributed by atoms with Crippen LogP contribution in [0.2, 0.25) is 0 Å². The van der Waals surface area contributed by atoms with Crippen molar-refractivity contribution in [1.82, 2.24) is 0 Å². The topological polar surface area (TPSA) is 27.7 Å². The van der Waals surface area contributed by atoms with E-state index in [0.717, 1.165) is 0 Å².